The molecule has 2 aromatic rings. The van der Waals surface area contributed by atoms with Gasteiger partial charge in [-0.3, -0.25) is 4.98 Å². The van der Waals surface area contributed by atoms with Crippen LogP contribution in [0.3, 0.4) is 0 Å². The minimum atomic E-state index is -0.500. The normalized spacial score (nSPS) is 12.4. The van der Waals surface area contributed by atoms with Gasteiger partial charge in [-0.25, -0.2) is 8.78 Å². The number of rotatable bonds is 5. The molecule has 1 atom stereocenters. The van der Waals surface area contributed by atoms with E-state index in [0.717, 1.165) is 23.5 Å². The number of aryl methyl sites for hydroxylation is 2. The second kappa shape index (κ2) is 6.76. The van der Waals surface area contributed by atoms with E-state index < -0.39 is 11.6 Å². The minimum Gasteiger partial charge on any atom is -0.310 e. The topological polar surface area (TPSA) is 24.9 Å². The smallest absolute Gasteiger partial charge is 0.129 e. The van der Waals surface area contributed by atoms with Gasteiger partial charge in [0.1, 0.15) is 11.6 Å². The van der Waals surface area contributed by atoms with Gasteiger partial charge in [-0.1, -0.05) is 13.0 Å². The molecule has 21 heavy (non-hydrogen) atoms. The van der Waals surface area contributed by atoms with Crippen LogP contribution >= 0.6 is 0 Å². The summed E-state index contributed by atoms with van der Waals surface area (Å²) in [6, 6.07) is 7.76. The third-order valence-corrected chi connectivity index (χ3v) is 3.43. The molecule has 1 heterocycles. The highest BCUT2D eigenvalue weighted by Crippen LogP contribution is 2.23. The number of halogens is 2. The van der Waals surface area contributed by atoms with Gasteiger partial charge in [-0.05, 0) is 56.6 Å². The van der Waals surface area contributed by atoms with Gasteiger partial charge in [0, 0.05) is 23.0 Å². The summed E-state index contributed by atoms with van der Waals surface area (Å²) >= 11 is 0. The van der Waals surface area contributed by atoms with Crippen molar-refractivity contribution in [2.24, 2.45) is 0 Å². The lowest BCUT2D eigenvalue weighted by Crippen LogP contribution is -2.24. The average molecular weight is 290 g/mol. The molecule has 1 aromatic carbocycles. The van der Waals surface area contributed by atoms with Crippen LogP contribution < -0.4 is 5.32 Å². The fourth-order valence-electron chi connectivity index (χ4n) is 2.55. The number of nitrogens with zero attached hydrogens (tertiary/aromatic N) is 1. The third-order valence-electron chi connectivity index (χ3n) is 3.43. The van der Waals surface area contributed by atoms with Crippen molar-refractivity contribution < 1.29 is 8.78 Å². The predicted octanol–water partition coefficient (Wildman–Crippen LogP) is 3.87. The van der Waals surface area contributed by atoms with Crippen LogP contribution in [-0.2, 0) is 6.42 Å². The van der Waals surface area contributed by atoms with Crippen molar-refractivity contribution in [2.45, 2.75) is 33.2 Å². The number of aromatic nitrogens is 1. The Morgan fingerprint density at radius 2 is 1.67 bits per heavy atom. The summed E-state index contributed by atoms with van der Waals surface area (Å²) in [6.07, 6.45) is 0.273. The van der Waals surface area contributed by atoms with Crippen molar-refractivity contribution in [2.75, 3.05) is 6.54 Å². The molecule has 0 spiro atoms. The molecular formula is C17H20F2N2. The molecule has 0 fully saturated rings. The fourth-order valence-corrected chi connectivity index (χ4v) is 2.55. The fraction of sp³-hybridized carbons (Fsp3) is 0.353. The quantitative estimate of drug-likeness (QED) is 0.904. The van der Waals surface area contributed by atoms with E-state index in [1.165, 1.54) is 18.2 Å². The lowest BCUT2D eigenvalue weighted by Gasteiger charge is -2.20. The predicted molar refractivity (Wildman–Crippen MR) is 80.2 cm³/mol. The molecule has 0 aliphatic heterocycles. The molecular weight excluding hydrogens is 270 g/mol. The molecule has 0 bridgehead atoms. The highest BCUT2D eigenvalue weighted by molar-refractivity contribution is 5.28. The van der Waals surface area contributed by atoms with Gasteiger partial charge in [0.2, 0.25) is 0 Å². The summed E-state index contributed by atoms with van der Waals surface area (Å²) in [5.41, 5.74) is 2.93. The van der Waals surface area contributed by atoms with Gasteiger partial charge in [0.25, 0.3) is 0 Å². The van der Waals surface area contributed by atoms with Crippen LogP contribution in [-0.4, -0.2) is 11.5 Å². The monoisotopic (exact) mass is 290 g/mol. The maximum absolute atomic E-state index is 13.8. The first-order chi connectivity index (χ1) is 10.0. The summed E-state index contributed by atoms with van der Waals surface area (Å²) in [6.45, 7) is 6.54. The Hall–Kier alpha value is -1.81. The molecule has 0 saturated heterocycles. The summed E-state index contributed by atoms with van der Waals surface area (Å²) in [7, 11) is 0. The lowest BCUT2D eigenvalue weighted by atomic mass is 9.97. The van der Waals surface area contributed by atoms with E-state index in [1.54, 1.807) is 0 Å². The van der Waals surface area contributed by atoms with Gasteiger partial charge < -0.3 is 5.32 Å². The van der Waals surface area contributed by atoms with E-state index in [1.807, 2.05) is 32.9 Å². The zero-order chi connectivity index (χ0) is 15.4. The summed E-state index contributed by atoms with van der Waals surface area (Å²) < 4.78 is 27.7. The first-order valence-electron chi connectivity index (χ1n) is 7.12. The summed E-state index contributed by atoms with van der Waals surface area (Å²) in [5, 5.41) is 3.30. The Morgan fingerprint density at radius 1 is 1.10 bits per heavy atom. The first kappa shape index (κ1) is 15.6. The van der Waals surface area contributed by atoms with Crippen molar-refractivity contribution in [1.29, 1.82) is 0 Å². The SMILES string of the molecule is CCNC(Cc1c(F)cccc1F)c1cc(C)nc(C)c1. The van der Waals surface area contributed by atoms with E-state index in [9.17, 15) is 8.78 Å². The highest BCUT2D eigenvalue weighted by Gasteiger charge is 2.17. The van der Waals surface area contributed by atoms with Crippen LogP contribution in [0.25, 0.3) is 0 Å². The lowest BCUT2D eigenvalue weighted by molar-refractivity contribution is 0.499. The zero-order valence-corrected chi connectivity index (χ0v) is 12.6. The van der Waals surface area contributed by atoms with Crippen LogP contribution in [0, 0.1) is 25.5 Å². The van der Waals surface area contributed by atoms with E-state index in [2.05, 4.69) is 10.3 Å². The van der Waals surface area contributed by atoms with Crippen LogP contribution in [0.1, 0.15) is 35.5 Å². The van der Waals surface area contributed by atoms with E-state index in [0.29, 0.717) is 0 Å². The number of pyridine rings is 1. The molecule has 0 saturated carbocycles. The van der Waals surface area contributed by atoms with Crippen molar-refractivity contribution in [3.8, 4) is 0 Å². The molecule has 0 aliphatic carbocycles. The molecule has 2 nitrogen and oxygen atoms in total. The van der Waals surface area contributed by atoms with E-state index in [-0.39, 0.29) is 18.0 Å². The minimum absolute atomic E-state index is 0.121. The number of benzene rings is 1. The van der Waals surface area contributed by atoms with E-state index >= 15 is 0 Å². The van der Waals surface area contributed by atoms with Crippen LogP contribution in [0.4, 0.5) is 8.78 Å². The maximum Gasteiger partial charge on any atom is 0.129 e. The summed E-state index contributed by atoms with van der Waals surface area (Å²) in [5.74, 6) is -0.999. The molecule has 1 N–H and O–H groups in total. The van der Waals surface area contributed by atoms with Crippen molar-refractivity contribution >= 4 is 0 Å². The number of likely N-dealkylation sites (N-methyl/N-ethyl adjacent to an activating group) is 1. The number of nitrogens with one attached hydrogen (secondary N) is 1. The molecule has 2 rings (SSSR count). The van der Waals surface area contributed by atoms with Crippen LogP contribution in [0.5, 0.6) is 0 Å². The second-order valence-electron chi connectivity index (χ2n) is 5.20. The van der Waals surface area contributed by atoms with Gasteiger partial charge in [-0.15, -0.1) is 0 Å². The molecule has 4 heteroatoms. The van der Waals surface area contributed by atoms with Gasteiger partial charge in [-0.2, -0.15) is 0 Å². The van der Waals surface area contributed by atoms with Gasteiger partial charge in [0.15, 0.2) is 0 Å². The Morgan fingerprint density at radius 3 is 2.19 bits per heavy atom. The number of hydrogen-bond donors (Lipinski definition) is 1. The first-order valence-corrected chi connectivity index (χ1v) is 7.12. The second-order valence-corrected chi connectivity index (χ2v) is 5.20. The third kappa shape index (κ3) is 3.85. The Kier molecular flexibility index (Phi) is 5.02. The molecule has 0 amide bonds. The highest BCUT2D eigenvalue weighted by atomic mass is 19.1. The molecule has 1 aromatic heterocycles. The van der Waals surface area contributed by atoms with Gasteiger partial charge in [0.05, 0.1) is 0 Å². The molecule has 0 radical (unpaired) electrons. The van der Waals surface area contributed by atoms with Crippen LogP contribution in [0.2, 0.25) is 0 Å². The molecule has 1 unspecified atom stereocenters. The standard InChI is InChI=1S/C17H20F2N2/c1-4-20-17(13-8-11(2)21-12(3)9-13)10-14-15(18)6-5-7-16(14)19/h5-9,17,20H,4,10H2,1-3H3. The van der Waals surface area contributed by atoms with Crippen molar-refractivity contribution in [3.05, 3.63) is 64.5 Å². The molecule has 112 valence electrons. The summed E-state index contributed by atoms with van der Waals surface area (Å²) in [4.78, 5) is 4.34. The Labute approximate surface area is 124 Å². The van der Waals surface area contributed by atoms with Crippen LogP contribution in [0.15, 0.2) is 30.3 Å². The average Bonchev–Trinajstić information content (AvgIpc) is 2.40. The maximum atomic E-state index is 13.8. The zero-order valence-electron chi connectivity index (χ0n) is 12.6. The Balaban J connectivity index is 2.35. The molecule has 0 aliphatic rings. The van der Waals surface area contributed by atoms with Crippen molar-refractivity contribution in [1.82, 2.24) is 10.3 Å². The number of hydrogen-bond acceptors (Lipinski definition) is 2. The van der Waals surface area contributed by atoms with Crippen molar-refractivity contribution in [3.63, 3.8) is 0 Å². The van der Waals surface area contributed by atoms with Gasteiger partial charge >= 0.3 is 0 Å². The largest absolute Gasteiger partial charge is 0.310 e. The van der Waals surface area contributed by atoms with E-state index in [4.69, 9.17) is 0 Å². The Bertz CT molecular complexity index is 586.